The molecule has 1 aromatic rings. The lowest BCUT2D eigenvalue weighted by molar-refractivity contribution is 0.217. The second-order valence-corrected chi connectivity index (χ2v) is 5.44. The Morgan fingerprint density at radius 3 is 2.67 bits per heavy atom. The van der Waals surface area contributed by atoms with Gasteiger partial charge < -0.3 is 10.2 Å². The molecule has 1 unspecified atom stereocenters. The predicted molar refractivity (Wildman–Crippen MR) is 77.0 cm³/mol. The number of nitrogens with zero attached hydrogens (tertiary/aromatic N) is 2. The number of rotatable bonds is 4. The zero-order chi connectivity index (χ0) is 13.1. The number of carbonyl (C=O) groups excluding carboxylic acids is 1. The van der Waals surface area contributed by atoms with Crippen molar-refractivity contribution in [2.75, 3.05) is 32.1 Å². The average molecular weight is 312 g/mol. The van der Waals surface area contributed by atoms with Crippen molar-refractivity contribution in [2.24, 2.45) is 0 Å². The van der Waals surface area contributed by atoms with Crippen LogP contribution in [-0.4, -0.2) is 44.2 Å². The highest BCUT2D eigenvalue weighted by molar-refractivity contribution is 9.10. The van der Waals surface area contributed by atoms with E-state index < -0.39 is 0 Å². The molecule has 18 heavy (non-hydrogen) atoms. The Labute approximate surface area is 116 Å². The first-order valence-electron chi connectivity index (χ1n) is 6.08. The van der Waals surface area contributed by atoms with E-state index in [9.17, 15) is 4.79 Å². The molecule has 1 aromatic carbocycles. The van der Waals surface area contributed by atoms with E-state index >= 15 is 0 Å². The van der Waals surface area contributed by atoms with Crippen LogP contribution in [0, 0.1) is 0 Å². The summed E-state index contributed by atoms with van der Waals surface area (Å²) in [5, 5.41) is 3.13. The van der Waals surface area contributed by atoms with Crippen LogP contribution in [0.25, 0.3) is 0 Å². The number of hydrogen-bond donors (Lipinski definition) is 1. The largest absolute Gasteiger partial charge is 0.324 e. The van der Waals surface area contributed by atoms with Crippen molar-refractivity contribution < 1.29 is 4.79 Å². The lowest BCUT2D eigenvalue weighted by atomic mass is 10.2. The fourth-order valence-electron chi connectivity index (χ4n) is 2.19. The Balaban J connectivity index is 2.10. The highest BCUT2D eigenvalue weighted by Gasteiger charge is 2.34. The molecule has 0 bridgehead atoms. The van der Waals surface area contributed by atoms with E-state index in [2.05, 4.69) is 21.2 Å². The topological polar surface area (TPSA) is 35.6 Å². The molecule has 1 fully saturated rings. The Kier molecular flexibility index (Phi) is 4.24. The molecule has 0 saturated carbocycles. The Morgan fingerprint density at radius 2 is 2.06 bits per heavy atom. The Morgan fingerprint density at radius 1 is 1.39 bits per heavy atom. The second-order valence-electron chi connectivity index (χ2n) is 4.53. The number of likely N-dealkylation sites (N-methyl/N-ethyl adjacent to an activating group) is 1. The van der Waals surface area contributed by atoms with E-state index in [1.54, 1.807) is 0 Å². The van der Waals surface area contributed by atoms with Crippen LogP contribution in [-0.2, 0) is 0 Å². The zero-order valence-corrected chi connectivity index (χ0v) is 12.3. The predicted octanol–water partition coefficient (Wildman–Crippen LogP) is 2.30. The molecule has 4 nitrogen and oxygen atoms in total. The van der Waals surface area contributed by atoms with Crippen LogP contribution in [0.4, 0.5) is 10.5 Å². The number of hydrogen-bond acceptors (Lipinski definition) is 2. The fraction of sp³-hybridized carbons (Fsp3) is 0.462. The van der Waals surface area contributed by atoms with Gasteiger partial charge in [0.1, 0.15) is 0 Å². The molecule has 5 heteroatoms. The van der Waals surface area contributed by atoms with Gasteiger partial charge in [-0.15, -0.1) is 0 Å². The summed E-state index contributed by atoms with van der Waals surface area (Å²) in [4.78, 5) is 15.9. The van der Waals surface area contributed by atoms with Crippen molar-refractivity contribution >= 4 is 27.6 Å². The highest BCUT2D eigenvalue weighted by Crippen LogP contribution is 2.25. The molecular weight excluding hydrogens is 294 g/mol. The van der Waals surface area contributed by atoms with Gasteiger partial charge in [-0.25, -0.2) is 4.79 Å². The minimum absolute atomic E-state index is 0.0819. The van der Waals surface area contributed by atoms with Crippen molar-refractivity contribution in [1.29, 1.82) is 0 Å². The molecule has 0 radical (unpaired) electrons. The van der Waals surface area contributed by atoms with Gasteiger partial charge in [0.05, 0.1) is 6.04 Å². The van der Waals surface area contributed by atoms with Crippen molar-refractivity contribution in [2.45, 2.75) is 12.5 Å². The number of carbonyl (C=O) groups is 1. The first kappa shape index (κ1) is 13.4. The fourth-order valence-corrected chi connectivity index (χ4v) is 2.46. The molecule has 98 valence electrons. The van der Waals surface area contributed by atoms with Crippen LogP contribution >= 0.6 is 15.9 Å². The number of halogens is 1. The summed E-state index contributed by atoms with van der Waals surface area (Å²) in [5.74, 6) is 0. The van der Waals surface area contributed by atoms with E-state index in [0.29, 0.717) is 0 Å². The maximum Gasteiger partial charge on any atom is 0.324 e. The van der Waals surface area contributed by atoms with E-state index in [1.165, 1.54) is 0 Å². The molecule has 1 heterocycles. The van der Waals surface area contributed by atoms with Gasteiger partial charge in [0.15, 0.2) is 0 Å². The maximum absolute atomic E-state index is 12.2. The van der Waals surface area contributed by atoms with Gasteiger partial charge in [0.25, 0.3) is 0 Å². The summed E-state index contributed by atoms with van der Waals surface area (Å²) in [5.41, 5.74) is 0.960. The molecule has 1 aliphatic heterocycles. The molecule has 0 spiro atoms. The number of nitrogens with one attached hydrogen (secondary N) is 1. The number of amides is 2. The molecule has 1 aliphatic rings. The van der Waals surface area contributed by atoms with E-state index in [-0.39, 0.29) is 12.1 Å². The first-order chi connectivity index (χ1) is 8.63. The van der Waals surface area contributed by atoms with Gasteiger partial charge in [0, 0.05) is 23.8 Å². The third kappa shape index (κ3) is 2.67. The van der Waals surface area contributed by atoms with E-state index in [1.807, 2.05) is 48.2 Å². The van der Waals surface area contributed by atoms with Crippen molar-refractivity contribution in [3.63, 3.8) is 0 Å². The second kappa shape index (κ2) is 5.71. The molecule has 2 rings (SSSR count). The summed E-state index contributed by atoms with van der Waals surface area (Å²) < 4.78 is 1.03. The summed E-state index contributed by atoms with van der Waals surface area (Å²) in [6.07, 6.45) is 0.978. The van der Waals surface area contributed by atoms with Gasteiger partial charge in [-0.1, -0.05) is 15.9 Å². The minimum Gasteiger partial charge on any atom is -0.323 e. The van der Waals surface area contributed by atoms with E-state index in [0.717, 1.165) is 29.7 Å². The van der Waals surface area contributed by atoms with Crippen LogP contribution < -0.4 is 10.2 Å². The first-order valence-corrected chi connectivity index (χ1v) is 6.87. The Hall–Kier alpha value is -1.07. The van der Waals surface area contributed by atoms with Gasteiger partial charge in [-0.2, -0.15) is 0 Å². The van der Waals surface area contributed by atoms with E-state index in [4.69, 9.17) is 0 Å². The molecule has 0 aliphatic carbocycles. The van der Waals surface area contributed by atoms with Crippen molar-refractivity contribution in [3.05, 3.63) is 28.7 Å². The summed E-state index contributed by atoms with van der Waals surface area (Å²) in [6, 6.07) is 8.23. The molecular formula is C13H18BrN3O. The Bertz CT molecular complexity index is 421. The molecule has 2 amide bonds. The normalized spacial score (nSPS) is 19.7. The summed E-state index contributed by atoms with van der Waals surface area (Å²) in [6.45, 7) is 1.69. The third-order valence-corrected chi connectivity index (χ3v) is 3.87. The van der Waals surface area contributed by atoms with Crippen molar-refractivity contribution in [3.8, 4) is 0 Å². The molecule has 1 N–H and O–H groups in total. The van der Waals surface area contributed by atoms with Crippen LogP contribution in [0.15, 0.2) is 28.7 Å². The van der Waals surface area contributed by atoms with Gasteiger partial charge in [-0.3, -0.25) is 4.90 Å². The zero-order valence-electron chi connectivity index (χ0n) is 10.7. The lowest BCUT2D eigenvalue weighted by Gasteiger charge is -2.17. The van der Waals surface area contributed by atoms with Gasteiger partial charge in [-0.05, 0) is 44.3 Å². The van der Waals surface area contributed by atoms with Crippen molar-refractivity contribution in [1.82, 2.24) is 10.2 Å². The number of urea groups is 1. The summed E-state index contributed by atoms with van der Waals surface area (Å²) in [7, 11) is 3.81. The average Bonchev–Trinajstić information content (AvgIpc) is 2.65. The van der Waals surface area contributed by atoms with Crippen LogP contribution in [0.5, 0.6) is 0 Å². The smallest absolute Gasteiger partial charge is 0.323 e. The van der Waals surface area contributed by atoms with Crippen LogP contribution in [0.3, 0.4) is 0 Å². The third-order valence-electron chi connectivity index (χ3n) is 3.34. The number of benzene rings is 1. The SMILES string of the molecule is CNCCC1CN(c2ccc(Br)cc2)C(=O)N1C. The standard InChI is InChI=1S/C13H18BrN3O/c1-15-8-7-12-9-17(13(18)16(12)2)11-5-3-10(14)4-6-11/h3-6,12,15H,7-9H2,1-2H3. The van der Waals surface area contributed by atoms with Crippen LogP contribution in [0.1, 0.15) is 6.42 Å². The molecule has 0 aromatic heterocycles. The molecule has 1 saturated heterocycles. The highest BCUT2D eigenvalue weighted by atomic mass is 79.9. The van der Waals surface area contributed by atoms with Gasteiger partial charge in [0.2, 0.25) is 0 Å². The molecule has 1 atom stereocenters. The quantitative estimate of drug-likeness (QED) is 0.926. The number of anilines is 1. The van der Waals surface area contributed by atoms with Crippen LogP contribution in [0.2, 0.25) is 0 Å². The maximum atomic E-state index is 12.2. The monoisotopic (exact) mass is 311 g/mol. The minimum atomic E-state index is 0.0819. The summed E-state index contributed by atoms with van der Waals surface area (Å²) >= 11 is 3.40. The van der Waals surface area contributed by atoms with Gasteiger partial charge >= 0.3 is 6.03 Å². The lowest BCUT2D eigenvalue weighted by Crippen LogP contribution is -2.32.